The van der Waals surface area contributed by atoms with Crippen molar-refractivity contribution in [2.75, 3.05) is 0 Å². The topological polar surface area (TPSA) is 43.8 Å². The Morgan fingerprint density at radius 1 is 1.44 bits per heavy atom. The average molecular weight is 245 g/mol. The summed E-state index contributed by atoms with van der Waals surface area (Å²) in [6, 6.07) is 6.89. The summed E-state index contributed by atoms with van der Waals surface area (Å²) in [6.45, 7) is 1.31. The minimum absolute atomic E-state index is 0.164. The summed E-state index contributed by atoms with van der Waals surface area (Å²) in [6.07, 6.45) is 3.93. The standard InChI is InChI=1S/C14H16FN3/c15-12-3-1-2-10(6-12)11-4-5-13-8-17-14(7-16)18(13)9-11/h1-3,6,8,11H,4-5,7,9,16H2. The fourth-order valence-electron chi connectivity index (χ4n) is 2.71. The minimum Gasteiger partial charge on any atom is -0.330 e. The Morgan fingerprint density at radius 3 is 3.11 bits per heavy atom. The van der Waals surface area contributed by atoms with Gasteiger partial charge in [0, 0.05) is 24.4 Å². The summed E-state index contributed by atoms with van der Waals surface area (Å²) in [7, 11) is 0. The fraction of sp³-hybridized carbons (Fsp3) is 0.357. The van der Waals surface area contributed by atoms with Crippen LogP contribution < -0.4 is 5.73 Å². The monoisotopic (exact) mass is 245 g/mol. The van der Waals surface area contributed by atoms with Gasteiger partial charge in [-0.05, 0) is 30.5 Å². The van der Waals surface area contributed by atoms with E-state index in [1.54, 1.807) is 12.1 Å². The molecule has 2 N–H and O–H groups in total. The van der Waals surface area contributed by atoms with Gasteiger partial charge >= 0.3 is 0 Å². The number of nitrogens with zero attached hydrogens (tertiary/aromatic N) is 2. The first-order chi connectivity index (χ1) is 8.78. The van der Waals surface area contributed by atoms with E-state index in [0.29, 0.717) is 12.5 Å². The third kappa shape index (κ3) is 1.93. The molecule has 1 aromatic heterocycles. The van der Waals surface area contributed by atoms with E-state index in [9.17, 15) is 4.39 Å². The Bertz CT molecular complexity index is 548. The highest BCUT2D eigenvalue weighted by Crippen LogP contribution is 2.29. The molecule has 1 aliphatic heterocycles. The fourth-order valence-corrected chi connectivity index (χ4v) is 2.71. The van der Waals surface area contributed by atoms with Gasteiger partial charge in [-0.2, -0.15) is 0 Å². The van der Waals surface area contributed by atoms with Crippen LogP contribution in [-0.2, 0) is 19.5 Å². The van der Waals surface area contributed by atoms with E-state index in [1.807, 2.05) is 12.3 Å². The van der Waals surface area contributed by atoms with Gasteiger partial charge < -0.3 is 10.3 Å². The maximum Gasteiger partial charge on any atom is 0.123 e. The largest absolute Gasteiger partial charge is 0.330 e. The van der Waals surface area contributed by atoms with Crippen LogP contribution in [0.1, 0.15) is 29.4 Å². The van der Waals surface area contributed by atoms with Gasteiger partial charge in [-0.1, -0.05) is 12.1 Å². The summed E-state index contributed by atoms with van der Waals surface area (Å²) >= 11 is 0. The number of halogens is 1. The number of nitrogens with two attached hydrogens (primary N) is 1. The van der Waals surface area contributed by atoms with Gasteiger partial charge in [0.05, 0.1) is 6.54 Å². The Balaban J connectivity index is 1.90. The first-order valence-corrected chi connectivity index (χ1v) is 6.26. The molecular formula is C14H16FN3. The van der Waals surface area contributed by atoms with Crippen molar-refractivity contribution in [3.8, 4) is 0 Å². The molecule has 0 spiro atoms. The van der Waals surface area contributed by atoms with Crippen molar-refractivity contribution in [3.05, 3.63) is 53.4 Å². The van der Waals surface area contributed by atoms with Crippen LogP contribution in [0.5, 0.6) is 0 Å². The van der Waals surface area contributed by atoms with E-state index in [0.717, 1.165) is 30.8 Å². The van der Waals surface area contributed by atoms with E-state index in [2.05, 4.69) is 9.55 Å². The van der Waals surface area contributed by atoms with Crippen LogP contribution in [0.3, 0.4) is 0 Å². The first-order valence-electron chi connectivity index (χ1n) is 6.26. The second kappa shape index (κ2) is 4.53. The molecular weight excluding hydrogens is 229 g/mol. The second-order valence-corrected chi connectivity index (χ2v) is 4.77. The SMILES string of the molecule is NCc1ncc2n1CC(c1cccc(F)c1)CC2. The normalized spacial score (nSPS) is 18.7. The van der Waals surface area contributed by atoms with E-state index in [-0.39, 0.29) is 5.82 Å². The van der Waals surface area contributed by atoms with E-state index >= 15 is 0 Å². The zero-order valence-electron chi connectivity index (χ0n) is 10.1. The van der Waals surface area contributed by atoms with Crippen LogP contribution in [0.15, 0.2) is 30.5 Å². The number of hydrogen-bond donors (Lipinski definition) is 1. The third-order valence-electron chi connectivity index (χ3n) is 3.68. The highest BCUT2D eigenvalue weighted by molar-refractivity contribution is 5.23. The lowest BCUT2D eigenvalue weighted by Crippen LogP contribution is -2.21. The predicted molar refractivity (Wildman–Crippen MR) is 67.6 cm³/mol. The Morgan fingerprint density at radius 2 is 2.33 bits per heavy atom. The van der Waals surface area contributed by atoms with Crippen molar-refractivity contribution in [2.45, 2.75) is 31.8 Å². The summed E-state index contributed by atoms with van der Waals surface area (Å²) < 4.78 is 15.4. The molecule has 2 heterocycles. The number of hydrogen-bond acceptors (Lipinski definition) is 2. The highest BCUT2D eigenvalue weighted by Gasteiger charge is 2.22. The molecule has 1 aliphatic rings. The van der Waals surface area contributed by atoms with Crippen molar-refractivity contribution in [2.24, 2.45) is 5.73 Å². The third-order valence-corrected chi connectivity index (χ3v) is 3.68. The average Bonchev–Trinajstić information content (AvgIpc) is 2.80. The Kier molecular flexibility index (Phi) is 2.88. The number of rotatable bonds is 2. The van der Waals surface area contributed by atoms with Crippen molar-refractivity contribution in [1.82, 2.24) is 9.55 Å². The van der Waals surface area contributed by atoms with Crippen molar-refractivity contribution in [1.29, 1.82) is 0 Å². The number of fused-ring (bicyclic) bond motifs is 1. The summed E-state index contributed by atoms with van der Waals surface area (Å²) in [4.78, 5) is 4.33. The molecule has 0 aliphatic carbocycles. The summed E-state index contributed by atoms with van der Waals surface area (Å²) in [5, 5.41) is 0. The molecule has 18 heavy (non-hydrogen) atoms. The van der Waals surface area contributed by atoms with Crippen LogP contribution >= 0.6 is 0 Å². The Labute approximate surface area is 105 Å². The van der Waals surface area contributed by atoms with Gasteiger partial charge in [-0.15, -0.1) is 0 Å². The van der Waals surface area contributed by atoms with Gasteiger partial charge in [0.15, 0.2) is 0 Å². The number of benzene rings is 1. The smallest absolute Gasteiger partial charge is 0.123 e. The van der Waals surface area contributed by atoms with Crippen LogP contribution in [0, 0.1) is 5.82 Å². The highest BCUT2D eigenvalue weighted by atomic mass is 19.1. The zero-order chi connectivity index (χ0) is 12.5. The molecule has 4 heteroatoms. The predicted octanol–water partition coefficient (Wildman–Crippen LogP) is 2.21. The number of aryl methyl sites for hydroxylation is 1. The molecule has 0 saturated carbocycles. The summed E-state index contributed by atoms with van der Waals surface area (Å²) in [5.74, 6) is 1.11. The van der Waals surface area contributed by atoms with Gasteiger partial charge in [-0.3, -0.25) is 0 Å². The van der Waals surface area contributed by atoms with Crippen molar-refractivity contribution < 1.29 is 4.39 Å². The van der Waals surface area contributed by atoms with Crippen molar-refractivity contribution >= 4 is 0 Å². The van der Waals surface area contributed by atoms with Gasteiger partial charge in [0.2, 0.25) is 0 Å². The molecule has 0 saturated heterocycles. The lowest BCUT2D eigenvalue weighted by molar-refractivity contribution is 0.450. The van der Waals surface area contributed by atoms with Crippen LogP contribution in [-0.4, -0.2) is 9.55 Å². The van der Waals surface area contributed by atoms with Gasteiger partial charge in [-0.25, -0.2) is 9.37 Å². The van der Waals surface area contributed by atoms with Gasteiger partial charge in [0.1, 0.15) is 11.6 Å². The molecule has 3 nitrogen and oxygen atoms in total. The molecule has 2 aromatic rings. The number of imidazole rings is 1. The molecule has 3 rings (SSSR count). The molecule has 94 valence electrons. The lowest BCUT2D eigenvalue weighted by atomic mass is 9.91. The maximum atomic E-state index is 13.3. The maximum absolute atomic E-state index is 13.3. The molecule has 1 aromatic carbocycles. The second-order valence-electron chi connectivity index (χ2n) is 4.77. The molecule has 0 fully saturated rings. The number of aromatic nitrogens is 2. The zero-order valence-corrected chi connectivity index (χ0v) is 10.1. The van der Waals surface area contributed by atoms with E-state index < -0.39 is 0 Å². The minimum atomic E-state index is -0.164. The molecule has 1 unspecified atom stereocenters. The van der Waals surface area contributed by atoms with Crippen LogP contribution in [0.25, 0.3) is 0 Å². The summed E-state index contributed by atoms with van der Waals surface area (Å²) in [5.41, 5.74) is 7.99. The quantitative estimate of drug-likeness (QED) is 0.881. The Hall–Kier alpha value is -1.68. The molecule has 0 bridgehead atoms. The van der Waals surface area contributed by atoms with Gasteiger partial charge in [0.25, 0.3) is 0 Å². The van der Waals surface area contributed by atoms with E-state index in [4.69, 9.17) is 5.73 Å². The van der Waals surface area contributed by atoms with Crippen LogP contribution in [0.2, 0.25) is 0 Å². The lowest BCUT2D eigenvalue weighted by Gasteiger charge is -2.25. The van der Waals surface area contributed by atoms with Crippen LogP contribution in [0.4, 0.5) is 4.39 Å². The molecule has 1 atom stereocenters. The van der Waals surface area contributed by atoms with Crippen molar-refractivity contribution in [3.63, 3.8) is 0 Å². The first kappa shape index (κ1) is 11.4. The van der Waals surface area contributed by atoms with E-state index in [1.165, 1.54) is 11.8 Å². The molecule has 0 amide bonds. The molecule has 0 radical (unpaired) electrons.